The van der Waals surface area contributed by atoms with Crippen LogP contribution < -0.4 is 15.0 Å². The molecule has 6 nitrogen and oxygen atoms in total. The van der Waals surface area contributed by atoms with Crippen LogP contribution in [0.25, 0.3) is 0 Å². The maximum Gasteiger partial charge on any atom is 0.227 e. The van der Waals surface area contributed by atoms with Crippen molar-refractivity contribution in [2.75, 3.05) is 24.7 Å². The molecule has 0 spiro atoms. The summed E-state index contributed by atoms with van der Waals surface area (Å²) < 4.78 is 25.5. The second-order valence-electron chi connectivity index (χ2n) is 8.17. The van der Waals surface area contributed by atoms with Gasteiger partial charge in [0.05, 0.1) is 17.7 Å². The van der Waals surface area contributed by atoms with Crippen LogP contribution in [0, 0.1) is 18.7 Å². The largest absolute Gasteiger partial charge is 0.491 e. The summed E-state index contributed by atoms with van der Waals surface area (Å²) in [6.07, 6.45) is 2.36. The number of carbonyl (C=O) groups is 2. The standard InChI is InChI=1S/C24H27FN2O4/c1-16-4-9-22(21(25)11-16)27-14-18(12-23(27)28)24(29)26-13-17-5-7-19(8-6-17)31-15-20-3-2-10-30-20/h4-9,11,18,20H,2-3,10,12-15H2,1H3,(H,26,29). The molecule has 4 rings (SSSR count). The molecule has 0 bridgehead atoms. The molecule has 0 radical (unpaired) electrons. The number of amides is 2. The molecule has 0 aliphatic carbocycles. The van der Waals surface area contributed by atoms with E-state index in [1.807, 2.05) is 24.3 Å². The number of hydrogen-bond acceptors (Lipinski definition) is 4. The molecule has 2 fully saturated rings. The summed E-state index contributed by atoms with van der Waals surface area (Å²) in [6.45, 7) is 3.67. The zero-order valence-corrected chi connectivity index (χ0v) is 17.6. The predicted octanol–water partition coefficient (Wildman–Crippen LogP) is 3.36. The van der Waals surface area contributed by atoms with Crippen LogP contribution in [-0.4, -0.2) is 37.7 Å². The maximum absolute atomic E-state index is 14.2. The zero-order chi connectivity index (χ0) is 21.8. The molecule has 0 aromatic heterocycles. The number of rotatable bonds is 7. The van der Waals surface area contributed by atoms with Crippen LogP contribution in [0.5, 0.6) is 5.75 Å². The average molecular weight is 426 g/mol. The number of hydrogen-bond donors (Lipinski definition) is 1. The molecule has 164 valence electrons. The summed E-state index contributed by atoms with van der Waals surface area (Å²) in [4.78, 5) is 26.3. The van der Waals surface area contributed by atoms with E-state index in [2.05, 4.69) is 5.32 Å². The predicted molar refractivity (Wildman–Crippen MR) is 114 cm³/mol. The van der Waals surface area contributed by atoms with E-state index in [0.717, 1.165) is 36.3 Å². The van der Waals surface area contributed by atoms with Crippen molar-refractivity contribution in [3.05, 3.63) is 59.4 Å². The number of anilines is 1. The summed E-state index contributed by atoms with van der Waals surface area (Å²) in [5.74, 6) is -0.626. The van der Waals surface area contributed by atoms with E-state index in [-0.39, 0.29) is 36.6 Å². The van der Waals surface area contributed by atoms with Gasteiger partial charge in [-0.2, -0.15) is 0 Å². The van der Waals surface area contributed by atoms with Gasteiger partial charge in [0, 0.05) is 26.1 Å². The number of nitrogens with zero attached hydrogens (tertiary/aromatic N) is 1. The van der Waals surface area contributed by atoms with E-state index >= 15 is 0 Å². The van der Waals surface area contributed by atoms with Crippen molar-refractivity contribution in [1.82, 2.24) is 5.32 Å². The summed E-state index contributed by atoms with van der Waals surface area (Å²) in [6, 6.07) is 12.3. The van der Waals surface area contributed by atoms with Crippen molar-refractivity contribution < 1.29 is 23.5 Å². The van der Waals surface area contributed by atoms with Gasteiger partial charge in [0.25, 0.3) is 0 Å². The van der Waals surface area contributed by atoms with Crippen LogP contribution in [0.15, 0.2) is 42.5 Å². The minimum absolute atomic E-state index is 0.0785. The van der Waals surface area contributed by atoms with Crippen molar-refractivity contribution in [2.45, 2.75) is 38.8 Å². The van der Waals surface area contributed by atoms with Gasteiger partial charge in [-0.15, -0.1) is 0 Å². The fourth-order valence-corrected chi connectivity index (χ4v) is 3.95. The summed E-state index contributed by atoms with van der Waals surface area (Å²) in [7, 11) is 0. The molecule has 2 heterocycles. The first kappa shape index (κ1) is 21.3. The van der Waals surface area contributed by atoms with Crippen molar-refractivity contribution in [1.29, 1.82) is 0 Å². The fourth-order valence-electron chi connectivity index (χ4n) is 3.95. The van der Waals surface area contributed by atoms with Gasteiger partial charge in [-0.05, 0) is 55.2 Å². The lowest BCUT2D eigenvalue weighted by atomic mass is 10.1. The van der Waals surface area contributed by atoms with Crippen LogP contribution in [0.4, 0.5) is 10.1 Å². The van der Waals surface area contributed by atoms with E-state index in [9.17, 15) is 14.0 Å². The molecular formula is C24H27FN2O4. The van der Waals surface area contributed by atoms with Crippen LogP contribution in [0.3, 0.4) is 0 Å². The minimum Gasteiger partial charge on any atom is -0.491 e. The number of nitrogens with one attached hydrogen (secondary N) is 1. The monoisotopic (exact) mass is 426 g/mol. The smallest absolute Gasteiger partial charge is 0.227 e. The lowest BCUT2D eigenvalue weighted by molar-refractivity contribution is -0.126. The highest BCUT2D eigenvalue weighted by atomic mass is 19.1. The topological polar surface area (TPSA) is 67.9 Å². The van der Waals surface area contributed by atoms with E-state index in [4.69, 9.17) is 9.47 Å². The van der Waals surface area contributed by atoms with Gasteiger partial charge < -0.3 is 19.7 Å². The van der Waals surface area contributed by atoms with E-state index in [0.29, 0.717) is 13.2 Å². The lowest BCUT2D eigenvalue weighted by Gasteiger charge is -2.18. The third kappa shape index (κ3) is 5.22. The Balaban J connectivity index is 1.27. The molecule has 2 aliphatic rings. The van der Waals surface area contributed by atoms with E-state index in [1.165, 1.54) is 11.0 Å². The lowest BCUT2D eigenvalue weighted by Crippen LogP contribution is -2.32. The number of aryl methyl sites for hydroxylation is 1. The van der Waals surface area contributed by atoms with Crippen LogP contribution in [0.2, 0.25) is 0 Å². The van der Waals surface area contributed by atoms with Crippen LogP contribution >= 0.6 is 0 Å². The first-order valence-corrected chi connectivity index (χ1v) is 10.7. The van der Waals surface area contributed by atoms with Crippen molar-refractivity contribution in [2.24, 2.45) is 5.92 Å². The van der Waals surface area contributed by atoms with Gasteiger partial charge in [-0.25, -0.2) is 4.39 Å². The van der Waals surface area contributed by atoms with Gasteiger partial charge in [0.2, 0.25) is 11.8 Å². The van der Waals surface area contributed by atoms with Crippen molar-refractivity contribution >= 4 is 17.5 Å². The van der Waals surface area contributed by atoms with Gasteiger partial charge in [-0.1, -0.05) is 18.2 Å². The Morgan fingerprint density at radius 2 is 2.06 bits per heavy atom. The highest BCUT2D eigenvalue weighted by Gasteiger charge is 2.36. The first-order chi connectivity index (χ1) is 15.0. The minimum atomic E-state index is -0.498. The Labute approximate surface area is 181 Å². The average Bonchev–Trinajstić information content (AvgIpc) is 3.41. The third-order valence-electron chi connectivity index (χ3n) is 5.74. The molecule has 1 N–H and O–H groups in total. The Morgan fingerprint density at radius 3 is 2.77 bits per heavy atom. The number of carbonyl (C=O) groups excluding carboxylic acids is 2. The van der Waals surface area contributed by atoms with Crippen LogP contribution in [0.1, 0.15) is 30.4 Å². The number of halogens is 1. The molecule has 2 aromatic rings. The SMILES string of the molecule is Cc1ccc(N2CC(C(=O)NCc3ccc(OCC4CCCO4)cc3)CC2=O)c(F)c1. The van der Waals surface area contributed by atoms with E-state index in [1.54, 1.807) is 19.1 Å². The molecule has 2 atom stereocenters. The first-order valence-electron chi connectivity index (χ1n) is 10.7. The van der Waals surface area contributed by atoms with Crippen molar-refractivity contribution in [3.8, 4) is 5.75 Å². The Morgan fingerprint density at radius 1 is 1.26 bits per heavy atom. The Kier molecular flexibility index (Phi) is 6.51. The molecule has 2 unspecified atom stereocenters. The third-order valence-corrected chi connectivity index (χ3v) is 5.74. The highest BCUT2D eigenvalue weighted by Crippen LogP contribution is 2.28. The molecule has 2 saturated heterocycles. The highest BCUT2D eigenvalue weighted by molar-refractivity contribution is 6.00. The van der Waals surface area contributed by atoms with Crippen LogP contribution in [-0.2, 0) is 20.9 Å². The molecule has 31 heavy (non-hydrogen) atoms. The summed E-state index contributed by atoms with van der Waals surface area (Å²) in [5, 5.41) is 2.88. The zero-order valence-electron chi connectivity index (χ0n) is 17.6. The normalized spacial score (nSPS) is 20.8. The molecule has 2 amide bonds. The maximum atomic E-state index is 14.2. The van der Waals surface area contributed by atoms with Gasteiger partial charge in [-0.3, -0.25) is 9.59 Å². The number of benzene rings is 2. The van der Waals surface area contributed by atoms with Gasteiger partial charge in [0.15, 0.2) is 0 Å². The number of ether oxygens (including phenoxy) is 2. The second-order valence-corrected chi connectivity index (χ2v) is 8.17. The van der Waals surface area contributed by atoms with Gasteiger partial charge >= 0.3 is 0 Å². The quantitative estimate of drug-likeness (QED) is 0.737. The Bertz CT molecular complexity index is 941. The molecule has 0 saturated carbocycles. The van der Waals surface area contributed by atoms with Crippen molar-refractivity contribution in [3.63, 3.8) is 0 Å². The molecule has 2 aromatic carbocycles. The molecule has 2 aliphatic heterocycles. The Hall–Kier alpha value is -2.93. The fraction of sp³-hybridized carbons (Fsp3) is 0.417. The van der Waals surface area contributed by atoms with E-state index < -0.39 is 11.7 Å². The van der Waals surface area contributed by atoms with Gasteiger partial charge in [0.1, 0.15) is 18.2 Å². The second kappa shape index (κ2) is 9.47. The molecular weight excluding hydrogens is 399 g/mol. The summed E-state index contributed by atoms with van der Waals surface area (Å²) >= 11 is 0. The molecule has 7 heteroatoms. The summed E-state index contributed by atoms with van der Waals surface area (Å²) in [5.41, 5.74) is 1.94.